The van der Waals surface area contributed by atoms with Gasteiger partial charge in [-0.3, -0.25) is 0 Å². The van der Waals surface area contributed by atoms with E-state index in [1.54, 1.807) is 12.1 Å². The van der Waals surface area contributed by atoms with E-state index in [-0.39, 0.29) is 5.82 Å². The number of nitrogens with two attached hydrogens (primary N) is 1. The molecule has 0 amide bonds. The van der Waals surface area contributed by atoms with Gasteiger partial charge in [-0.25, -0.2) is 4.39 Å². The molecule has 0 aliphatic carbocycles. The van der Waals surface area contributed by atoms with Gasteiger partial charge in [-0.1, -0.05) is 13.8 Å². The molecule has 1 aliphatic rings. The molecule has 2 N–H and O–H groups in total. The van der Waals surface area contributed by atoms with E-state index in [0.717, 1.165) is 37.2 Å². The molecule has 106 valence electrons. The van der Waals surface area contributed by atoms with Crippen LogP contribution in [-0.2, 0) is 6.42 Å². The molecule has 2 nitrogen and oxygen atoms in total. The maximum atomic E-state index is 13.7. The van der Waals surface area contributed by atoms with Crippen molar-refractivity contribution in [2.75, 3.05) is 24.5 Å². The summed E-state index contributed by atoms with van der Waals surface area (Å²) in [6, 6.07) is 5.34. The molecule has 0 unspecified atom stereocenters. The quantitative estimate of drug-likeness (QED) is 0.907. The number of anilines is 1. The third-order valence-electron chi connectivity index (χ3n) is 4.08. The standard InChI is InChI=1S/C16H25FN2/c1-16(2)5-3-8-19(9-6-16)15-11-13(4-7-18)10-14(17)12-15/h10-12H,3-9,18H2,1-2H3. The van der Waals surface area contributed by atoms with E-state index in [2.05, 4.69) is 24.8 Å². The van der Waals surface area contributed by atoms with Gasteiger partial charge in [0.15, 0.2) is 0 Å². The second kappa shape index (κ2) is 5.91. The van der Waals surface area contributed by atoms with Gasteiger partial charge in [0.1, 0.15) is 5.82 Å². The van der Waals surface area contributed by atoms with Gasteiger partial charge in [-0.15, -0.1) is 0 Å². The highest BCUT2D eigenvalue weighted by molar-refractivity contribution is 5.49. The van der Waals surface area contributed by atoms with Crippen molar-refractivity contribution < 1.29 is 4.39 Å². The lowest BCUT2D eigenvalue weighted by molar-refractivity contribution is 0.325. The smallest absolute Gasteiger partial charge is 0.125 e. The molecule has 0 spiro atoms. The van der Waals surface area contributed by atoms with E-state index >= 15 is 0 Å². The second-order valence-electron chi connectivity index (χ2n) is 6.36. The molecule has 0 saturated carbocycles. The van der Waals surface area contributed by atoms with Gasteiger partial charge in [0.25, 0.3) is 0 Å². The monoisotopic (exact) mass is 264 g/mol. The van der Waals surface area contributed by atoms with E-state index < -0.39 is 0 Å². The third kappa shape index (κ3) is 3.93. The number of nitrogens with zero attached hydrogens (tertiary/aromatic N) is 1. The Labute approximate surface area is 115 Å². The van der Waals surface area contributed by atoms with Gasteiger partial charge >= 0.3 is 0 Å². The van der Waals surface area contributed by atoms with Crippen molar-refractivity contribution in [3.63, 3.8) is 0 Å². The SMILES string of the molecule is CC1(C)CCCN(c2cc(F)cc(CCN)c2)CC1. The van der Waals surface area contributed by atoms with Gasteiger partial charge in [0.2, 0.25) is 0 Å². The Bertz CT molecular complexity index is 429. The maximum Gasteiger partial charge on any atom is 0.125 e. The molecule has 1 aliphatic heterocycles. The summed E-state index contributed by atoms with van der Waals surface area (Å²) in [7, 11) is 0. The molecule has 0 bridgehead atoms. The van der Waals surface area contributed by atoms with Crippen molar-refractivity contribution in [3.8, 4) is 0 Å². The van der Waals surface area contributed by atoms with Gasteiger partial charge in [-0.05, 0) is 61.4 Å². The normalized spacial score (nSPS) is 19.3. The number of halogens is 1. The van der Waals surface area contributed by atoms with E-state index in [0.29, 0.717) is 12.0 Å². The zero-order chi connectivity index (χ0) is 13.9. The first kappa shape index (κ1) is 14.3. The van der Waals surface area contributed by atoms with Crippen molar-refractivity contribution >= 4 is 5.69 Å². The Morgan fingerprint density at radius 3 is 2.74 bits per heavy atom. The van der Waals surface area contributed by atoms with E-state index in [9.17, 15) is 4.39 Å². The highest BCUT2D eigenvalue weighted by atomic mass is 19.1. The zero-order valence-corrected chi connectivity index (χ0v) is 12.1. The topological polar surface area (TPSA) is 29.3 Å². The fraction of sp³-hybridized carbons (Fsp3) is 0.625. The van der Waals surface area contributed by atoms with Gasteiger partial charge in [0.05, 0.1) is 0 Å². The summed E-state index contributed by atoms with van der Waals surface area (Å²) in [5.41, 5.74) is 7.98. The van der Waals surface area contributed by atoms with Gasteiger partial charge < -0.3 is 10.6 Å². The lowest BCUT2D eigenvalue weighted by atomic mass is 9.85. The van der Waals surface area contributed by atoms with Crippen molar-refractivity contribution in [1.29, 1.82) is 0 Å². The van der Waals surface area contributed by atoms with Crippen LogP contribution in [0.4, 0.5) is 10.1 Å². The van der Waals surface area contributed by atoms with Crippen LogP contribution in [0.5, 0.6) is 0 Å². The van der Waals surface area contributed by atoms with E-state index in [4.69, 9.17) is 5.73 Å². The molecule has 0 radical (unpaired) electrons. The van der Waals surface area contributed by atoms with Crippen LogP contribution in [-0.4, -0.2) is 19.6 Å². The summed E-state index contributed by atoms with van der Waals surface area (Å²) in [6.07, 6.45) is 4.32. The minimum absolute atomic E-state index is 0.149. The van der Waals surface area contributed by atoms with Crippen LogP contribution in [0, 0.1) is 11.2 Å². The molecule has 1 aromatic rings. The van der Waals surface area contributed by atoms with Crippen molar-refractivity contribution in [2.45, 2.75) is 39.5 Å². The fourth-order valence-electron chi connectivity index (χ4n) is 2.81. The highest BCUT2D eigenvalue weighted by Crippen LogP contribution is 2.32. The molecule has 0 atom stereocenters. The van der Waals surface area contributed by atoms with E-state index in [1.807, 2.05) is 0 Å². The Kier molecular flexibility index (Phi) is 4.46. The Morgan fingerprint density at radius 1 is 1.21 bits per heavy atom. The van der Waals surface area contributed by atoms with Crippen LogP contribution in [0.1, 0.15) is 38.7 Å². The largest absolute Gasteiger partial charge is 0.371 e. The maximum absolute atomic E-state index is 13.7. The lowest BCUT2D eigenvalue weighted by Crippen LogP contribution is -2.25. The summed E-state index contributed by atoms with van der Waals surface area (Å²) in [5.74, 6) is -0.149. The summed E-state index contributed by atoms with van der Waals surface area (Å²) in [4.78, 5) is 2.32. The number of hydrogen-bond donors (Lipinski definition) is 1. The average molecular weight is 264 g/mol. The lowest BCUT2D eigenvalue weighted by Gasteiger charge is -2.25. The van der Waals surface area contributed by atoms with Crippen molar-refractivity contribution in [3.05, 3.63) is 29.6 Å². The summed E-state index contributed by atoms with van der Waals surface area (Å²) in [5, 5.41) is 0. The van der Waals surface area contributed by atoms with Crippen LogP contribution in [0.15, 0.2) is 18.2 Å². The number of rotatable bonds is 3. The second-order valence-corrected chi connectivity index (χ2v) is 6.36. The van der Waals surface area contributed by atoms with E-state index in [1.165, 1.54) is 12.8 Å². The predicted octanol–water partition coefficient (Wildman–Crippen LogP) is 3.34. The van der Waals surface area contributed by atoms with Crippen molar-refractivity contribution in [2.24, 2.45) is 11.1 Å². The molecular weight excluding hydrogens is 239 g/mol. The minimum atomic E-state index is -0.149. The number of benzene rings is 1. The van der Waals surface area contributed by atoms with Crippen LogP contribution >= 0.6 is 0 Å². The predicted molar refractivity (Wildman–Crippen MR) is 79.0 cm³/mol. The molecule has 3 heteroatoms. The highest BCUT2D eigenvalue weighted by Gasteiger charge is 2.23. The summed E-state index contributed by atoms with van der Waals surface area (Å²) < 4.78 is 13.7. The first-order chi connectivity index (χ1) is 9.00. The van der Waals surface area contributed by atoms with Crippen LogP contribution < -0.4 is 10.6 Å². The zero-order valence-electron chi connectivity index (χ0n) is 12.1. The van der Waals surface area contributed by atoms with Gasteiger partial charge in [0, 0.05) is 18.8 Å². The summed E-state index contributed by atoms with van der Waals surface area (Å²) in [6.45, 7) is 7.24. The van der Waals surface area contributed by atoms with Crippen LogP contribution in [0.25, 0.3) is 0 Å². The Morgan fingerprint density at radius 2 is 2.00 bits per heavy atom. The molecule has 1 aromatic carbocycles. The number of hydrogen-bond acceptors (Lipinski definition) is 2. The molecule has 19 heavy (non-hydrogen) atoms. The average Bonchev–Trinajstić information content (AvgIpc) is 2.50. The molecule has 1 saturated heterocycles. The fourth-order valence-corrected chi connectivity index (χ4v) is 2.81. The third-order valence-corrected chi connectivity index (χ3v) is 4.08. The van der Waals surface area contributed by atoms with Crippen LogP contribution in [0.3, 0.4) is 0 Å². The molecule has 1 fully saturated rings. The summed E-state index contributed by atoms with van der Waals surface area (Å²) >= 11 is 0. The first-order valence-electron chi connectivity index (χ1n) is 7.25. The van der Waals surface area contributed by atoms with Gasteiger partial charge in [-0.2, -0.15) is 0 Å². The molecule has 0 aromatic heterocycles. The molecule has 2 rings (SSSR count). The molecular formula is C16H25FN2. The minimum Gasteiger partial charge on any atom is -0.371 e. The van der Waals surface area contributed by atoms with Crippen LogP contribution in [0.2, 0.25) is 0 Å². The Hall–Kier alpha value is -1.09. The first-order valence-corrected chi connectivity index (χ1v) is 7.25. The van der Waals surface area contributed by atoms with Crippen molar-refractivity contribution in [1.82, 2.24) is 0 Å². The molecule has 1 heterocycles. The Balaban J connectivity index is 2.16.